The zero-order chi connectivity index (χ0) is 20.9. The molecular formula is C23H14F3N3O. The topological polar surface area (TPSA) is 38.1 Å². The average Bonchev–Trinajstić information content (AvgIpc) is 3.27. The first-order valence-corrected chi connectivity index (χ1v) is 9.20. The van der Waals surface area contributed by atoms with Crippen molar-refractivity contribution in [1.29, 1.82) is 0 Å². The van der Waals surface area contributed by atoms with Gasteiger partial charge in [0.25, 0.3) is 0 Å². The highest BCUT2D eigenvalue weighted by Gasteiger charge is 2.54. The van der Waals surface area contributed by atoms with E-state index in [1.807, 2.05) is 18.2 Å². The Labute approximate surface area is 169 Å². The third-order valence-corrected chi connectivity index (χ3v) is 5.03. The molecule has 0 saturated heterocycles. The molecule has 4 aromatic rings. The lowest BCUT2D eigenvalue weighted by atomic mass is 10.1. The molecule has 0 aliphatic carbocycles. The van der Waals surface area contributed by atoms with Crippen LogP contribution in [-0.2, 0) is 10.7 Å². The molecule has 0 bridgehead atoms. The standard InChI is InChI=1S/C23H14F3N3O/c24-16-12-10-15(11-13-16)21-20(14-28(27-21)17-6-2-1-3-7-17)29-19-9-5-4-8-18(19)23(25,26)22(29)30/h1-14H. The van der Waals surface area contributed by atoms with E-state index >= 15 is 0 Å². The second-order valence-electron chi connectivity index (χ2n) is 6.88. The van der Waals surface area contributed by atoms with E-state index in [0.717, 1.165) is 4.90 Å². The molecule has 0 saturated carbocycles. The Hall–Kier alpha value is -3.87. The highest BCUT2D eigenvalue weighted by Crippen LogP contribution is 2.49. The van der Waals surface area contributed by atoms with Gasteiger partial charge in [0.05, 0.1) is 28.8 Å². The number of nitrogens with zero attached hydrogens (tertiary/aromatic N) is 3. The smallest absolute Gasteiger partial charge is 0.271 e. The Kier molecular flexibility index (Phi) is 3.99. The Balaban J connectivity index is 1.74. The lowest BCUT2D eigenvalue weighted by Crippen LogP contribution is -2.31. The summed E-state index contributed by atoms with van der Waals surface area (Å²) in [5.41, 5.74) is 1.43. The van der Waals surface area contributed by atoms with Crippen LogP contribution < -0.4 is 4.90 Å². The van der Waals surface area contributed by atoms with Crippen molar-refractivity contribution in [2.24, 2.45) is 0 Å². The van der Waals surface area contributed by atoms with Gasteiger partial charge in [0.2, 0.25) is 0 Å². The van der Waals surface area contributed by atoms with E-state index < -0.39 is 17.6 Å². The lowest BCUT2D eigenvalue weighted by molar-refractivity contribution is -0.140. The van der Waals surface area contributed by atoms with Crippen LogP contribution in [-0.4, -0.2) is 15.7 Å². The van der Waals surface area contributed by atoms with Gasteiger partial charge in [0.15, 0.2) is 0 Å². The summed E-state index contributed by atoms with van der Waals surface area (Å²) in [6, 6.07) is 20.4. The van der Waals surface area contributed by atoms with Gasteiger partial charge < -0.3 is 0 Å². The van der Waals surface area contributed by atoms with Gasteiger partial charge in [-0.1, -0.05) is 36.4 Å². The fraction of sp³-hybridized carbons (Fsp3) is 0.0435. The molecule has 0 radical (unpaired) electrons. The molecule has 1 aromatic heterocycles. The van der Waals surface area contributed by atoms with E-state index in [9.17, 15) is 18.0 Å². The van der Waals surface area contributed by atoms with E-state index in [2.05, 4.69) is 5.10 Å². The van der Waals surface area contributed by atoms with Crippen LogP contribution in [0.25, 0.3) is 16.9 Å². The summed E-state index contributed by atoms with van der Waals surface area (Å²) in [6.45, 7) is 0. The van der Waals surface area contributed by atoms with E-state index in [0.29, 0.717) is 16.9 Å². The van der Waals surface area contributed by atoms with Gasteiger partial charge in [-0.3, -0.25) is 9.69 Å². The normalized spacial score (nSPS) is 14.8. The maximum Gasteiger partial charge on any atom is 0.352 e. The summed E-state index contributed by atoms with van der Waals surface area (Å²) in [7, 11) is 0. The van der Waals surface area contributed by atoms with Crippen molar-refractivity contribution in [3.63, 3.8) is 0 Å². The molecule has 0 spiro atoms. The number of fused-ring (bicyclic) bond motifs is 1. The van der Waals surface area contributed by atoms with Crippen LogP contribution in [0.4, 0.5) is 24.5 Å². The van der Waals surface area contributed by atoms with Crippen molar-refractivity contribution in [3.8, 4) is 16.9 Å². The molecule has 0 unspecified atom stereocenters. The van der Waals surface area contributed by atoms with Crippen molar-refractivity contribution in [1.82, 2.24) is 9.78 Å². The minimum absolute atomic E-state index is 0.100. The molecule has 7 heteroatoms. The highest BCUT2D eigenvalue weighted by atomic mass is 19.3. The van der Waals surface area contributed by atoms with Crippen LogP contribution in [0.15, 0.2) is 85.1 Å². The van der Waals surface area contributed by atoms with Crippen molar-refractivity contribution >= 4 is 17.3 Å². The van der Waals surface area contributed by atoms with E-state index in [4.69, 9.17) is 0 Å². The molecule has 5 rings (SSSR count). The number of para-hydroxylation sites is 2. The van der Waals surface area contributed by atoms with Gasteiger partial charge >= 0.3 is 11.8 Å². The van der Waals surface area contributed by atoms with Crippen molar-refractivity contribution in [2.75, 3.05) is 4.90 Å². The number of anilines is 2. The maximum absolute atomic E-state index is 14.7. The quantitative estimate of drug-likeness (QED) is 0.455. The number of hydrogen-bond acceptors (Lipinski definition) is 2. The molecule has 30 heavy (non-hydrogen) atoms. The molecule has 4 nitrogen and oxygen atoms in total. The van der Waals surface area contributed by atoms with Crippen LogP contribution in [0.2, 0.25) is 0 Å². The zero-order valence-electron chi connectivity index (χ0n) is 15.5. The van der Waals surface area contributed by atoms with Gasteiger partial charge in [-0.25, -0.2) is 9.07 Å². The zero-order valence-corrected chi connectivity index (χ0v) is 15.5. The highest BCUT2D eigenvalue weighted by molar-refractivity contribution is 6.12. The Morgan fingerprint density at radius 1 is 0.800 bits per heavy atom. The fourth-order valence-corrected chi connectivity index (χ4v) is 3.59. The molecular weight excluding hydrogens is 391 g/mol. The molecule has 0 atom stereocenters. The predicted molar refractivity (Wildman–Crippen MR) is 106 cm³/mol. The van der Waals surface area contributed by atoms with Crippen LogP contribution in [0.5, 0.6) is 0 Å². The summed E-state index contributed by atoms with van der Waals surface area (Å²) in [4.78, 5) is 13.7. The van der Waals surface area contributed by atoms with E-state index in [-0.39, 0.29) is 16.9 Å². The number of amides is 1. The summed E-state index contributed by atoms with van der Waals surface area (Å²) in [6.07, 6.45) is 1.53. The van der Waals surface area contributed by atoms with Gasteiger partial charge in [-0.05, 0) is 42.5 Å². The van der Waals surface area contributed by atoms with Gasteiger partial charge in [0, 0.05) is 5.56 Å². The van der Waals surface area contributed by atoms with Gasteiger partial charge in [0.1, 0.15) is 11.5 Å². The molecule has 3 aromatic carbocycles. The number of rotatable bonds is 3. The minimum atomic E-state index is -3.65. The number of alkyl halides is 2. The average molecular weight is 405 g/mol. The molecule has 0 N–H and O–H groups in total. The Morgan fingerprint density at radius 2 is 1.47 bits per heavy atom. The Morgan fingerprint density at radius 3 is 2.20 bits per heavy atom. The van der Waals surface area contributed by atoms with Crippen LogP contribution in [0.3, 0.4) is 0 Å². The van der Waals surface area contributed by atoms with Crippen LogP contribution in [0, 0.1) is 5.82 Å². The number of carbonyl (C=O) groups is 1. The van der Waals surface area contributed by atoms with Crippen molar-refractivity contribution in [3.05, 3.63) is 96.4 Å². The third kappa shape index (κ3) is 2.70. The van der Waals surface area contributed by atoms with E-state index in [1.54, 1.807) is 18.2 Å². The second-order valence-corrected chi connectivity index (χ2v) is 6.88. The number of halogens is 3. The molecule has 1 amide bonds. The molecule has 0 fully saturated rings. The third-order valence-electron chi connectivity index (χ3n) is 5.03. The van der Waals surface area contributed by atoms with E-state index in [1.165, 1.54) is 53.3 Å². The van der Waals surface area contributed by atoms with Crippen LogP contribution >= 0.6 is 0 Å². The number of hydrogen-bond donors (Lipinski definition) is 0. The summed E-state index contributed by atoms with van der Waals surface area (Å²) in [5, 5.41) is 4.54. The lowest BCUT2D eigenvalue weighted by Gasteiger charge is -2.17. The number of carbonyl (C=O) groups excluding carboxylic acids is 1. The van der Waals surface area contributed by atoms with Gasteiger partial charge in [-0.15, -0.1) is 0 Å². The molecule has 148 valence electrons. The summed E-state index contributed by atoms with van der Waals surface area (Å²) in [5.74, 6) is -5.43. The molecule has 1 aliphatic rings. The van der Waals surface area contributed by atoms with Crippen molar-refractivity contribution < 1.29 is 18.0 Å². The number of benzene rings is 3. The fourth-order valence-electron chi connectivity index (χ4n) is 3.59. The first kappa shape index (κ1) is 18.2. The summed E-state index contributed by atoms with van der Waals surface area (Å²) < 4.78 is 44.4. The summed E-state index contributed by atoms with van der Waals surface area (Å²) >= 11 is 0. The first-order valence-electron chi connectivity index (χ1n) is 9.20. The minimum Gasteiger partial charge on any atom is -0.271 e. The molecule has 1 aliphatic heterocycles. The number of aromatic nitrogens is 2. The van der Waals surface area contributed by atoms with Crippen LogP contribution in [0.1, 0.15) is 5.56 Å². The monoisotopic (exact) mass is 405 g/mol. The Bertz CT molecular complexity index is 1250. The maximum atomic E-state index is 14.7. The molecule has 2 heterocycles. The largest absolute Gasteiger partial charge is 0.352 e. The second kappa shape index (κ2) is 6.59. The first-order chi connectivity index (χ1) is 14.5. The van der Waals surface area contributed by atoms with Crippen molar-refractivity contribution in [2.45, 2.75) is 5.92 Å². The van der Waals surface area contributed by atoms with Gasteiger partial charge in [-0.2, -0.15) is 13.9 Å². The SMILES string of the molecule is O=C1N(c2cn(-c3ccccc3)nc2-c2ccc(F)cc2)c2ccccc2C1(F)F. The predicted octanol–water partition coefficient (Wildman–Crippen LogP) is 5.45.